The van der Waals surface area contributed by atoms with Crippen molar-refractivity contribution in [2.75, 3.05) is 0 Å². The van der Waals surface area contributed by atoms with Gasteiger partial charge in [-0.05, 0) is 38.1 Å². The van der Waals surface area contributed by atoms with Crippen LogP contribution in [-0.2, 0) is 0 Å². The maximum Gasteiger partial charge on any atom is 0.287 e. The molecular weight excluding hydrogens is 285 g/mol. The SMILES string of the molecule is CC(C)NC(=O)c1ccc(-c2c(Cl)cccc2Cl)o1. The highest BCUT2D eigenvalue weighted by atomic mass is 35.5. The van der Waals surface area contributed by atoms with Gasteiger partial charge in [-0.15, -0.1) is 0 Å². The van der Waals surface area contributed by atoms with E-state index in [0.29, 0.717) is 21.4 Å². The molecule has 0 aliphatic rings. The van der Waals surface area contributed by atoms with E-state index in [0.717, 1.165) is 0 Å². The van der Waals surface area contributed by atoms with Crippen LogP contribution in [0.15, 0.2) is 34.7 Å². The lowest BCUT2D eigenvalue weighted by Crippen LogP contribution is -2.29. The lowest BCUT2D eigenvalue weighted by atomic mass is 10.2. The largest absolute Gasteiger partial charge is 0.451 e. The standard InChI is InChI=1S/C14H13Cl2NO2/c1-8(2)17-14(18)12-7-6-11(19-12)13-9(15)4-3-5-10(13)16/h3-8H,1-2H3,(H,17,18). The van der Waals surface area contributed by atoms with Crippen molar-refractivity contribution in [2.45, 2.75) is 19.9 Å². The van der Waals surface area contributed by atoms with Gasteiger partial charge in [-0.25, -0.2) is 0 Å². The van der Waals surface area contributed by atoms with Crippen LogP contribution in [-0.4, -0.2) is 11.9 Å². The number of furan rings is 1. The second-order valence-corrected chi connectivity index (χ2v) is 5.20. The molecule has 1 amide bonds. The van der Waals surface area contributed by atoms with Gasteiger partial charge in [0.05, 0.1) is 15.6 Å². The molecule has 1 aromatic carbocycles. The maximum absolute atomic E-state index is 11.8. The van der Waals surface area contributed by atoms with Crippen molar-refractivity contribution >= 4 is 29.1 Å². The Hall–Kier alpha value is -1.45. The molecule has 19 heavy (non-hydrogen) atoms. The van der Waals surface area contributed by atoms with Gasteiger partial charge < -0.3 is 9.73 Å². The molecule has 0 unspecified atom stereocenters. The third-order valence-corrected chi connectivity index (χ3v) is 3.09. The summed E-state index contributed by atoms with van der Waals surface area (Å²) in [5, 5.41) is 3.72. The maximum atomic E-state index is 11.8. The average molecular weight is 298 g/mol. The first-order valence-electron chi connectivity index (χ1n) is 5.84. The molecule has 0 aliphatic heterocycles. The van der Waals surface area contributed by atoms with Crippen LogP contribution in [0, 0.1) is 0 Å². The van der Waals surface area contributed by atoms with E-state index < -0.39 is 0 Å². The van der Waals surface area contributed by atoms with E-state index in [2.05, 4.69) is 5.32 Å². The minimum atomic E-state index is -0.260. The van der Waals surface area contributed by atoms with Gasteiger partial charge in [0.1, 0.15) is 5.76 Å². The van der Waals surface area contributed by atoms with Crippen molar-refractivity contribution in [3.63, 3.8) is 0 Å². The van der Waals surface area contributed by atoms with Crippen molar-refractivity contribution in [3.8, 4) is 11.3 Å². The van der Waals surface area contributed by atoms with Crippen LogP contribution in [0.3, 0.4) is 0 Å². The number of benzene rings is 1. The molecule has 0 bridgehead atoms. The van der Waals surface area contributed by atoms with E-state index in [1.54, 1.807) is 30.3 Å². The zero-order valence-electron chi connectivity index (χ0n) is 10.5. The number of nitrogens with one attached hydrogen (secondary N) is 1. The summed E-state index contributed by atoms with van der Waals surface area (Å²) in [5.74, 6) is 0.452. The van der Waals surface area contributed by atoms with Crippen LogP contribution in [0.2, 0.25) is 10.0 Å². The van der Waals surface area contributed by atoms with Crippen LogP contribution in [0.1, 0.15) is 24.4 Å². The van der Waals surface area contributed by atoms with Crippen molar-refractivity contribution in [2.24, 2.45) is 0 Å². The summed E-state index contributed by atoms with van der Waals surface area (Å²) in [5.41, 5.74) is 0.592. The monoisotopic (exact) mass is 297 g/mol. The van der Waals surface area contributed by atoms with Gasteiger partial charge in [0, 0.05) is 6.04 Å². The minimum absolute atomic E-state index is 0.0463. The highest BCUT2D eigenvalue weighted by Gasteiger charge is 2.16. The second kappa shape index (κ2) is 5.68. The molecular formula is C14H13Cl2NO2. The fourth-order valence-corrected chi connectivity index (χ4v) is 2.24. The Bertz CT molecular complexity index is 585. The van der Waals surface area contributed by atoms with E-state index in [9.17, 15) is 4.79 Å². The molecule has 5 heteroatoms. The number of halogens is 2. The molecule has 1 aromatic heterocycles. The third-order valence-electron chi connectivity index (χ3n) is 2.46. The Kier molecular flexibility index (Phi) is 4.17. The smallest absolute Gasteiger partial charge is 0.287 e. The molecule has 0 spiro atoms. The highest BCUT2D eigenvalue weighted by Crippen LogP contribution is 2.35. The van der Waals surface area contributed by atoms with E-state index in [1.807, 2.05) is 13.8 Å². The quantitative estimate of drug-likeness (QED) is 0.913. The van der Waals surface area contributed by atoms with Crippen LogP contribution in [0.4, 0.5) is 0 Å². The van der Waals surface area contributed by atoms with Crippen LogP contribution in [0.5, 0.6) is 0 Å². The van der Waals surface area contributed by atoms with Crippen LogP contribution >= 0.6 is 23.2 Å². The summed E-state index contributed by atoms with van der Waals surface area (Å²) < 4.78 is 5.51. The van der Waals surface area contributed by atoms with Crippen LogP contribution < -0.4 is 5.32 Å². The fraction of sp³-hybridized carbons (Fsp3) is 0.214. The van der Waals surface area contributed by atoms with Gasteiger partial charge >= 0.3 is 0 Å². The topological polar surface area (TPSA) is 42.2 Å². The zero-order valence-corrected chi connectivity index (χ0v) is 12.0. The van der Waals surface area contributed by atoms with Crippen molar-refractivity contribution < 1.29 is 9.21 Å². The first kappa shape index (κ1) is 14.0. The molecule has 1 N–H and O–H groups in total. The molecule has 0 radical (unpaired) electrons. The molecule has 0 saturated heterocycles. The summed E-state index contributed by atoms with van der Waals surface area (Å²) in [7, 11) is 0. The summed E-state index contributed by atoms with van der Waals surface area (Å²) in [4.78, 5) is 11.8. The Morgan fingerprint density at radius 3 is 2.37 bits per heavy atom. The summed E-state index contributed by atoms with van der Waals surface area (Å²) in [6.07, 6.45) is 0. The molecule has 100 valence electrons. The Morgan fingerprint density at radius 1 is 1.16 bits per heavy atom. The number of amides is 1. The lowest BCUT2D eigenvalue weighted by molar-refractivity contribution is 0.0916. The van der Waals surface area contributed by atoms with Crippen molar-refractivity contribution in [1.29, 1.82) is 0 Å². The van der Waals surface area contributed by atoms with Gasteiger partial charge in [0.25, 0.3) is 5.91 Å². The number of rotatable bonds is 3. The summed E-state index contributed by atoms with van der Waals surface area (Å²) in [6.45, 7) is 3.76. The first-order valence-corrected chi connectivity index (χ1v) is 6.59. The van der Waals surface area contributed by atoms with E-state index in [1.165, 1.54) is 0 Å². The first-order chi connectivity index (χ1) is 8.99. The average Bonchev–Trinajstić information content (AvgIpc) is 2.77. The summed E-state index contributed by atoms with van der Waals surface area (Å²) >= 11 is 12.2. The molecule has 0 aliphatic carbocycles. The highest BCUT2D eigenvalue weighted by molar-refractivity contribution is 6.39. The normalized spacial score (nSPS) is 10.8. The van der Waals surface area contributed by atoms with Gasteiger partial charge in [0.15, 0.2) is 5.76 Å². The Labute approximate surface area is 121 Å². The molecule has 0 saturated carbocycles. The van der Waals surface area contributed by atoms with Crippen LogP contribution in [0.25, 0.3) is 11.3 Å². The predicted octanol–water partition coefficient (Wildman–Crippen LogP) is 4.39. The Morgan fingerprint density at radius 2 is 1.79 bits per heavy atom. The van der Waals surface area contributed by atoms with E-state index >= 15 is 0 Å². The van der Waals surface area contributed by atoms with E-state index in [4.69, 9.17) is 27.6 Å². The molecule has 2 aromatic rings. The van der Waals surface area contributed by atoms with Gasteiger partial charge in [0.2, 0.25) is 0 Å². The number of hydrogen-bond acceptors (Lipinski definition) is 2. The molecule has 3 nitrogen and oxygen atoms in total. The predicted molar refractivity (Wildman–Crippen MR) is 76.8 cm³/mol. The second-order valence-electron chi connectivity index (χ2n) is 4.39. The third kappa shape index (κ3) is 3.11. The lowest BCUT2D eigenvalue weighted by Gasteiger charge is -2.06. The summed E-state index contributed by atoms with van der Waals surface area (Å²) in [6, 6.07) is 8.53. The number of carbonyl (C=O) groups is 1. The van der Waals surface area contributed by atoms with Gasteiger partial charge in [-0.3, -0.25) is 4.79 Å². The van der Waals surface area contributed by atoms with Crippen molar-refractivity contribution in [3.05, 3.63) is 46.1 Å². The van der Waals surface area contributed by atoms with Crippen molar-refractivity contribution in [1.82, 2.24) is 5.32 Å². The van der Waals surface area contributed by atoms with Gasteiger partial charge in [-0.2, -0.15) is 0 Å². The minimum Gasteiger partial charge on any atom is -0.451 e. The van der Waals surface area contributed by atoms with E-state index in [-0.39, 0.29) is 17.7 Å². The molecule has 1 heterocycles. The molecule has 2 rings (SSSR count). The number of carbonyl (C=O) groups excluding carboxylic acids is 1. The molecule has 0 atom stereocenters. The number of hydrogen-bond donors (Lipinski definition) is 1. The Balaban J connectivity index is 2.34. The molecule has 0 fully saturated rings. The van der Waals surface area contributed by atoms with Gasteiger partial charge in [-0.1, -0.05) is 29.3 Å². The zero-order chi connectivity index (χ0) is 14.0. The fourth-order valence-electron chi connectivity index (χ4n) is 1.66.